The molecule has 0 unspecified atom stereocenters. The summed E-state index contributed by atoms with van der Waals surface area (Å²) in [6, 6.07) is 9.74. The first-order chi connectivity index (χ1) is 11.1. The van der Waals surface area contributed by atoms with Crippen molar-refractivity contribution in [2.24, 2.45) is 0 Å². The highest BCUT2D eigenvalue weighted by atomic mass is 16.6. The van der Waals surface area contributed by atoms with Crippen molar-refractivity contribution in [1.29, 1.82) is 0 Å². The van der Waals surface area contributed by atoms with Crippen molar-refractivity contribution in [3.63, 3.8) is 0 Å². The molecule has 128 valence electrons. The minimum absolute atomic E-state index is 0.204. The Morgan fingerprint density at radius 2 is 1.71 bits per heavy atom. The highest BCUT2D eigenvalue weighted by Crippen LogP contribution is 2.33. The summed E-state index contributed by atoms with van der Waals surface area (Å²) in [7, 11) is 0. The van der Waals surface area contributed by atoms with Crippen molar-refractivity contribution < 1.29 is 14.1 Å². The Morgan fingerprint density at radius 3 is 2.25 bits per heavy atom. The van der Waals surface area contributed by atoms with E-state index >= 15 is 0 Å². The van der Waals surface area contributed by atoms with E-state index in [1.165, 1.54) is 6.08 Å². The van der Waals surface area contributed by atoms with E-state index in [1.54, 1.807) is 6.08 Å². The Labute approximate surface area is 143 Å². The normalized spacial score (nSPS) is 12.6. The standard InChI is InChI=1S/C20H25NO3/c1-19(2,3)18-15(12-13-16(22)23-20(4,5)6)17(24-21-18)14-10-8-7-9-11-14/h7-13H,1-6H3/b13-12+. The molecular formula is C20H25NO3. The van der Waals surface area contributed by atoms with Crippen molar-refractivity contribution in [3.05, 3.63) is 47.7 Å². The van der Waals surface area contributed by atoms with Crippen molar-refractivity contribution >= 4 is 12.0 Å². The van der Waals surface area contributed by atoms with Gasteiger partial charge in [-0.1, -0.05) is 56.3 Å². The molecule has 2 aromatic rings. The molecule has 4 heteroatoms. The molecular weight excluding hydrogens is 302 g/mol. The molecule has 0 atom stereocenters. The second-order valence-electron chi connectivity index (χ2n) is 7.76. The number of carbonyl (C=O) groups is 1. The van der Waals surface area contributed by atoms with Crippen LogP contribution in [0.25, 0.3) is 17.4 Å². The average molecular weight is 327 g/mol. The van der Waals surface area contributed by atoms with E-state index in [9.17, 15) is 4.79 Å². The van der Waals surface area contributed by atoms with Crippen LogP contribution in [-0.4, -0.2) is 16.7 Å². The lowest BCUT2D eigenvalue weighted by Gasteiger charge is -2.18. The fourth-order valence-corrected chi connectivity index (χ4v) is 2.28. The number of benzene rings is 1. The number of aromatic nitrogens is 1. The van der Waals surface area contributed by atoms with Crippen LogP contribution in [0.5, 0.6) is 0 Å². The smallest absolute Gasteiger partial charge is 0.331 e. The van der Waals surface area contributed by atoms with Crippen LogP contribution in [0.1, 0.15) is 52.8 Å². The lowest BCUT2D eigenvalue weighted by Crippen LogP contribution is -2.22. The molecule has 1 aromatic carbocycles. The number of nitrogens with zero attached hydrogens (tertiary/aromatic N) is 1. The highest BCUT2D eigenvalue weighted by molar-refractivity contribution is 5.89. The maximum Gasteiger partial charge on any atom is 0.331 e. The molecule has 0 aliphatic rings. The molecule has 1 heterocycles. The van der Waals surface area contributed by atoms with Crippen molar-refractivity contribution in [2.75, 3.05) is 0 Å². The fraction of sp³-hybridized carbons (Fsp3) is 0.400. The number of ether oxygens (including phenoxy) is 1. The monoisotopic (exact) mass is 327 g/mol. The fourth-order valence-electron chi connectivity index (χ4n) is 2.28. The van der Waals surface area contributed by atoms with Gasteiger partial charge in [-0.3, -0.25) is 0 Å². The second kappa shape index (κ2) is 6.63. The van der Waals surface area contributed by atoms with Crippen LogP contribution < -0.4 is 0 Å². The lowest BCUT2D eigenvalue weighted by atomic mass is 9.88. The van der Waals surface area contributed by atoms with Crippen molar-refractivity contribution in [2.45, 2.75) is 52.6 Å². The highest BCUT2D eigenvalue weighted by Gasteiger charge is 2.25. The van der Waals surface area contributed by atoms with Crippen LogP contribution in [0.2, 0.25) is 0 Å². The molecule has 0 amide bonds. The van der Waals surface area contributed by atoms with Gasteiger partial charge in [0.2, 0.25) is 0 Å². The summed E-state index contributed by atoms with van der Waals surface area (Å²) in [6.07, 6.45) is 3.16. The molecule has 2 rings (SSSR count). The summed E-state index contributed by atoms with van der Waals surface area (Å²) in [6.45, 7) is 11.7. The summed E-state index contributed by atoms with van der Waals surface area (Å²) in [5.41, 5.74) is 1.81. The molecule has 0 aliphatic carbocycles. The first kappa shape index (κ1) is 18.0. The third kappa shape index (κ3) is 4.57. The van der Waals surface area contributed by atoms with Crippen LogP contribution in [0, 0.1) is 0 Å². The van der Waals surface area contributed by atoms with Gasteiger partial charge < -0.3 is 9.26 Å². The third-order valence-electron chi connectivity index (χ3n) is 3.27. The van der Waals surface area contributed by atoms with Gasteiger partial charge in [0, 0.05) is 22.6 Å². The van der Waals surface area contributed by atoms with Crippen molar-refractivity contribution in [3.8, 4) is 11.3 Å². The summed E-state index contributed by atoms with van der Waals surface area (Å²) in [4.78, 5) is 12.0. The van der Waals surface area contributed by atoms with Crippen LogP contribution in [0.3, 0.4) is 0 Å². The van der Waals surface area contributed by atoms with E-state index in [4.69, 9.17) is 9.26 Å². The van der Waals surface area contributed by atoms with Gasteiger partial charge in [0.25, 0.3) is 0 Å². The summed E-state index contributed by atoms with van der Waals surface area (Å²) in [5.74, 6) is 0.267. The largest absolute Gasteiger partial charge is 0.457 e. The van der Waals surface area contributed by atoms with Gasteiger partial charge in [0.1, 0.15) is 5.60 Å². The van der Waals surface area contributed by atoms with Crippen LogP contribution in [0.4, 0.5) is 0 Å². The van der Waals surface area contributed by atoms with E-state index in [0.717, 1.165) is 16.8 Å². The molecule has 0 radical (unpaired) electrons. The Hall–Kier alpha value is -2.36. The molecule has 0 aliphatic heterocycles. The minimum atomic E-state index is -0.523. The Bertz CT molecular complexity index is 728. The maximum atomic E-state index is 12.0. The second-order valence-corrected chi connectivity index (χ2v) is 7.76. The van der Waals surface area contributed by atoms with Crippen LogP contribution >= 0.6 is 0 Å². The summed E-state index contributed by atoms with van der Waals surface area (Å²) in [5, 5.41) is 4.24. The molecule has 0 N–H and O–H groups in total. The minimum Gasteiger partial charge on any atom is -0.457 e. The van der Waals surface area contributed by atoms with Gasteiger partial charge in [-0.25, -0.2) is 4.79 Å². The molecule has 24 heavy (non-hydrogen) atoms. The molecule has 1 aromatic heterocycles. The predicted molar refractivity (Wildman–Crippen MR) is 95.5 cm³/mol. The summed E-state index contributed by atoms with van der Waals surface area (Å²) >= 11 is 0. The first-order valence-electron chi connectivity index (χ1n) is 8.04. The van der Waals surface area contributed by atoms with Gasteiger partial charge >= 0.3 is 5.97 Å². The molecule has 0 bridgehead atoms. The first-order valence-corrected chi connectivity index (χ1v) is 8.04. The van der Waals surface area contributed by atoms with Gasteiger partial charge in [-0.05, 0) is 26.8 Å². The topological polar surface area (TPSA) is 52.3 Å². The number of esters is 1. The Balaban J connectivity index is 2.43. The van der Waals surface area contributed by atoms with E-state index in [-0.39, 0.29) is 11.4 Å². The number of carbonyl (C=O) groups excluding carboxylic acids is 1. The molecule has 0 saturated heterocycles. The zero-order chi connectivity index (χ0) is 18.0. The van der Waals surface area contributed by atoms with Gasteiger partial charge in [0.15, 0.2) is 5.76 Å². The molecule has 4 nitrogen and oxygen atoms in total. The van der Waals surface area contributed by atoms with Crippen LogP contribution in [-0.2, 0) is 14.9 Å². The van der Waals surface area contributed by atoms with E-state index < -0.39 is 5.60 Å². The third-order valence-corrected chi connectivity index (χ3v) is 3.27. The van der Waals surface area contributed by atoms with E-state index in [0.29, 0.717) is 5.76 Å². The number of rotatable bonds is 3. The zero-order valence-electron chi connectivity index (χ0n) is 15.2. The molecule has 0 saturated carbocycles. The Kier molecular flexibility index (Phi) is 4.97. The summed E-state index contributed by atoms with van der Waals surface area (Å²) < 4.78 is 10.9. The van der Waals surface area contributed by atoms with Crippen LogP contribution in [0.15, 0.2) is 40.9 Å². The zero-order valence-corrected chi connectivity index (χ0v) is 15.2. The SMILES string of the molecule is CC(C)(C)OC(=O)/C=C/c1c(C(C)(C)C)noc1-c1ccccc1. The predicted octanol–water partition coefficient (Wildman–Crippen LogP) is 4.99. The van der Waals surface area contributed by atoms with E-state index in [2.05, 4.69) is 25.9 Å². The molecule has 0 spiro atoms. The van der Waals surface area contributed by atoms with Gasteiger partial charge in [-0.15, -0.1) is 0 Å². The average Bonchev–Trinajstić information content (AvgIpc) is 2.88. The van der Waals surface area contributed by atoms with Gasteiger partial charge in [-0.2, -0.15) is 0 Å². The Morgan fingerprint density at radius 1 is 1.08 bits per heavy atom. The quantitative estimate of drug-likeness (QED) is 0.588. The van der Waals surface area contributed by atoms with Crippen molar-refractivity contribution in [1.82, 2.24) is 5.16 Å². The van der Waals surface area contributed by atoms with Gasteiger partial charge in [0.05, 0.1) is 5.69 Å². The van der Waals surface area contributed by atoms with E-state index in [1.807, 2.05) is 51.1 Å². The molecule has 0 fully saturated rings. The number of hydrogen-bond donors (Lipinski definition) is 0. The maximum absolute atomic E-state index is 12.0. The number of hydrogen-bond acceptors (Lipinski definition) is 4. The lowest BCUT2D eigenvalue weighted by molar-refractivity contribution is -0.148.